The van der Waals surface area contributed by atoms with Crippen molar-refractivity contribution in [2.75, 3.05) is 58.9 Å². The SMILES string of the molecule is CCCCCCCCN(CCN(CC(=O)O)CC(=O)O)CCN(CC(=O)O)CC(=O)O. The zero-order chi connectivity index (χ0) is 23.6. The van der Waals surface area contributed by atoms with E-state index in [9.17, 15) is 19.2 Å². The Labute approximate surface area is 183 Å². The van der Waals surface area contributed by atoms with Gasteiger partial charge in [-0.3, -0.25) is 29.0 Å². The highest BCUT2D eigenvalue weighted by atomic mass is 16.4. The van der Waals surface area contributed by atoms with Crippen molar-refractivity contribution in [3.05, 3.63) is 0 Å². The fraction of sp³-hybridized carbons (Fsp3) is 0.800. The molecule has 0 aliphatic heterocycles. The van der Waals surface area contributed by atoms with Crippen LogP contribution in [0.1, 0.15) is 45.4 Å². The molecule has 0 fully saturated rings. The van der Waals surface area contributed by atoms with Crippen molar-refractivity contribution in [1.29, 1.82) is 0 Å². The fourth-order valence-electron chi connectivity index (χ4n) is 3.21. The molecule has 0 bridgehead atoms. The minimum absolute atomic E-state index is 0.228. The van der Waals surface area contributed by atoms with Gasteiger partial charge in [-0.15, -0.1) is 0 Å². The van der Waals surface area contributed by atoms with E-state index in [-0.39, 0.29) is 39.3 Å². The molecule has 0 aliphatic rings. The van der Waals surface area contributed by atoms with Crippen molar-refractivity contribution in [3.63, 3.8) is 0 Å². The Morgan fingerprint density at radius 2 is 0.806 bits per heavy atom. The molecule has 0 rings (SSSR count). The number of aliphatic carboxylic acids is 4. The van der Waals surface area contributed by atoms with E-state index in [1.54, 1.807) is 0 Å². The molecule has 0 heterocycles. The summed E-state index contributed by atoms with van der Waals surface area (Å²) in [4.78, 5) is 48.6. The van der Waals surface area contributed by atoms with Crippen LogP contribution in [-0.2, 0) is 19.2 Å². The van der Waals surface area contributed by atoms with Crippen molar-refractivity contribution in [3.8, 4) is 0 Å². The van der Waals surface area contributed by atoms with Crippen molar-refractivity contribution < 1.29 is 39.6 Å². The van der Waals surface area contributed by atoms with Crippen molar-refractivity contribution >= 4 is 23.9 Å². The van der Waals surface area contributed by atoms with Crippen molar-refractivity contribution in [2.24, 2.45) is 0 Å². The van der Waals surface area contributed by atoms with Crippen molar-refractivity contribution in [2.45, 2.75) is 45.4 Å². The second-order valence-electron chi connectivity index (χ2n) is 7.61. The van der Waals surface area contributed by atoms with Crippen LogP contribution in [0.3, 0.4) is 0 Å². The monoisotopic (exact) mass is 447 g/mol. The largest absolute Gasteiger partial charge is 0.480 e. The smallest absolute Gasteiger partial charge is 0.317 e. The molecular weight excluding hydrogens is 410 g/mol. The summed E-state index contributed by atoms with van der Waals surface area (Å²) in [5, 5.41) is 35.9. The molecule has 0 saturated heterocycles. The minimum atomic E-state index is -1.11. The van der Waals surface area contributed by atoms with Gasteiger partial charge in [0, 0.05) is 26.2 Å². The maximum atomic E-state index is 11.0. The van der Waals surface area contributed by atoms with Crippen LogP contribution in [0, 0.1) is 0 Å². The Balaban J connectivity index is 4.85. The Morgan fingerprint density at radius 3 is 1.16 bits per heavy atom. The predicted molar refractivity (Wildman–Crippen MR) is 113 cm³/mol. The van der Waals surface area contributed by atoms with Gasteiger partial charge in [-0.2, -0.15) is 0 Å². The van der Waals surface area contributed by atoms with Gasteiger partial charge >= 0.3 is 23.9 Å². The van der Waals surface area contributed by atoms with Crippen LogP contribution in [0.5, 0.6) is 0 Å². The first-order valence-electron chi connectivity index (χ1n) is 10.7. The first kappa shape index (κ1) is 28.8. The predicted octanol–water partition coefficient (Wildman–Crippen LogP) is 0.591. The van der Waals surface area contributed by atoms with Gasteiger partial charge in [0.2, 0.25) is 0 Å². The normalized spacial score (nSPS) is 11.4. The molecule has 0 radical (unpaired) electrons. The number of carbonyl (C=O) groups is 4. The number of rotatable bonds is 21. The number of unbranched alkanes of at least 4 members (excludes halogenated alkanes) is 5. The molecule has 0 saturated carbocycles. The van der Waals surface area contributed by atoms with E-state index >= 15 is 0 Å². The lowest BCUT2D eigenvalue weighted by atomic mass is 10.1. The average molecular weight is 448 g/mol. The molecule has 0 amide bonds. The molecule has 4 N–H and O–H groups in total. The lowest BCUT2D eigenvalue weighted by Crippen LogP contribution is -2.44. The van der Waals surface area contributed by atoms with Gasteiger partial charge in [-0.05, 0) is 13.0 Å². The zero-order valence-electron chi connectivity index (χ0n) is 18.4. The van der Waals surface area contributed by atoms with Gasteiger partial charge in [-0.25, -0.2) is 0 Å². The Bertz CT molecular complexity index is 487. The summed E-state index contributed by atoms with van der Waals surface area (Å²) in [6, 6.07) is 0. The summed E-state index contributed by atoms with van der Waals surface area (Å²) < 4.78 is 0. The summed E-state index contributed by atoms with van der Waals surface area (Å²) >= 11 is 0. The summed E-state index contributed by atoms with van der Waals surface area (Å²) in [7, 11) is 0. The minimum Gasteiger partial charge on any atom is -0.480 e. The quantitative estimate of drug-likeness (QED) is 0.182. The fourth-order valence-corrected chi connectivity index (χ4v) is 3.21. The van der Waals surface area contributed by atoms with E-state index in [0.29, 0.717) is 19.6 Å². The van der Waals surface area contributed by atoms with Crippen LogP contribution in [-0.4, -0.2) is 118 Å². The van der Waals surface area contributed by atoms with Crippen LogP contribution in [0.25, 0.3) is 0 Å². The highest BCUT2D eigenvalue weighted by Crippen LogP contribution is 2.06. The Morgan fingerprint density at radius 1 is 0.484 bits per heavy atom. The van der Waals surface area contributed by atoms with Crippen LogP contribution in [0.2, 0.25) is 0 Å². The highest BCUT2D eigenvalue weighted by molar-refractivity contribution is 5.73. The molecule has 0 aromatic rings. The molecule has 0 unspecified atom stereocenters. The van der Waals surface area contributed by atoms with E-state index in [4.69, 9.17) is 20.4 Å². The number of carboxylic acid groups (broad SMARTS) is 4. The maximum Gasteiger partial charge on any atom is 0.317 e. The number of carboxylic acids is 4. The average Bonchev–Trinajstić information content (AvgIpc) is 2.63. The standard InChI is InChI=1S/C20H37N3O8/c1-2-3-4-5-6-7-8-21(9-11-22(13-17(24)25)14-18(26)27)10-12-23(15-19(28)29)16-20(30)31/h2-16H2,1H3,(H,24,25)(H,26,27)(H,28,29)(H,30,31). The molecule has 0 aliphatic carbocycles. The Kier molecular flexibility index (Phi) is 16.2. The van der Waals surface area contributed by atoms with Gasteiger partial charge in [0.25, 0.3) is 0 Å². The molecule has 0 aromatic heterocycles. The van der Waals surface area contributed by atoms with Gasteiger partial charge in [0.15, 0.2) is 0 Å². The van der Waals surface area contributed by atoms with Crippen LogP contribution >= 0.6 is 0 Å². The molecule has 180 valence electrons. The molecule has 31 heavy (non-hydrogen) atoms. The topological polar surface area (TPSA) is 159 Å². The Hall–Kier alpha value is -2.24. The van der Waals surface area contributed by atoms with Gasteiger partial charge in [0.1, 0.15) is 0 Å². The summed E-state index contributed by atoms with van der Waals surface area (Å²) in [6.45, 7) is 2.55. The lowest BCUT2D eigenvalue weighted by Gasteiger charge is -2.28. The second-order valence-corrected chi connectivity index (χ2v) is 7.61. The molecule has 0 aromatic carbocycles. The molecule has 0 atom stereocenters. The lowest BCUT2D eigenvalue weighted by molar-refractivity contribution is -0.143. The summed E-state index contributed by atoms with van der Waals surface area (Å²) in [5.41, 5.74) is 0. The summed E-state index contributed by atoms with van der Waals surface area (Å²) in [5.74, 6) is -4.45. The third kappa shape index (κ3) is 18.3. The van der Waals surface area contributed by atoms with E-state index in [1.165, 1.54) is 16.2 Å². The van der Waals surface area contributed by atoms with E-state index < -0.39 is 23.9 Å². The second kappa shape index (κ2) is 17.4. The van der Waals surface area contributed by atoms with Crippen LogP contribution in [0.15, 0.2) is 0 Å². The molecular formula is C20H37N3O8. The first-order chi connectivity index (χ1) is 14.6. The van der Waals surface area contributed by atoms with Gasteiger partial charge in [-0.1, -0.05) is 39.0 Å². The number of hydrogen-bond donors (Lipinski definition) is 4. The first-order valence-corrected chi connectivity index (χ1v) is 10.7. The third-order valence-corrected chi connectivity index (χ3v) is 4.73. The molecule has 11 nitrogen and oxygen atoms in total. The molecule has 11 heteroatoms. The number of hydrogen-bond acceptors (Lipinski definition) is 7. The van der Waals surface area contributed by atoms with E-state index in [1.807, 2.05) is 4.90 Å². The van der Waals surface area contributed by atoms with Crippen LogP contribution in [0.4, 0.5) is 0 Å². The van der Waals surface area contributed by atoms with Crippen molar-refractivity contribution in [1.82, 2.24) is 14.7 Å². The number of nitrogens with zero attached hydrogens (tertiary/aromatic N) is 3. The van der Waals surface area contributed by atoms with E-state index in [2.05, 4.69) is 6.92 Å². The van der Waals surface area contributed by atoms with Crippen LogP contribution < -0.4 is 0 Å². The molecule has 0 spiro atoms. The maximum absolute atomic E-state index is 11.0. The summed E-state index contributed by atoms with van der Waals surface area (Å²) in [6.07, 6.45) is 6.53. The zero-order valence-corrected chi connectivity index (χ0v) is 18.4. The van der Waals surface area contributed by atoms with Gasteiger partial charge < -0.3 is 25.3 Å². The third-order valence-electron chi connectivity index (χ3n) is 4.73. The van der Waals surface area contributed by atoms with E-state index in [0.717, 1.165) is 32.1 Å². The van der Waals surface area contributed by atoms with Gasteiger partial charge in [0.05, 0.1) is 26.2 Å². The highest BCUT2D eigenvalue weighted by Gasteiger charge is 2.18.